The number of rotatable bonds is 1. The molecule has 10 heteroatoms. The van der Waals surface area contributed by atoms with Crippen LogP contribution in [0.5, 0.6) is 0 Å². The number of fused-ring (bicyclic) bond motifs is 1. The number of halogens is 3. The third-order valence-corrected chi connectivity index (χ3v) is 3.19. The molecule has 3 rings (SSSR count). The van der Waals surface area contributed by atoms with Crippen molar-refractivity contribution in [2.24, 2.45) is 0 Å². The van der Waals surface area contributed by atoms with Crippen molar-refractivity contribution in [2.75, 3.05) is 5.73 Å². The van der Waals surface area contributed by atoms with E-state index in [0.29, 0.717) is 15.9 Å². The molecule has 0 unspecified atom stereocenters. The fraction of sp³-hybridized carbons (Fsp3) is 0.111. The van der Waals surface area contributed by atoms with Gasteiger partial charge in [-0.05, 0) is 12.1 Å². The van der Waals surface area contributed by atoms with Crippen LogP contribution in [0.3, 0.4) is 0 Å². The minimum atomic E-state index is -4.61. The summed E-state index contributed by atoms with van der Waals surface area (Å²) >= 11 is 0.937. The topological polar surface area (TPSA) is 82.0 Å². The number of hydrogen-bond acceptors (Lipinski definition) is 6. The van der Waals surface area contributed by atoms with Gasteiger partial charge in [0.1, 0.15) is 5.69 Å². The van der Waals surface area contributed by atoms with Gasteiger partial charge in [0.05, 0.1) is 5.69 Å². The highest BCUT2D eigenvalue weighted by Gasteiger charge is 2.38. The van der Waals surface area contributed by atoms with Gasteiger partial charge < -0.3 is 5.73 Å². The highest BCUT2D eigenvalue weighted by molar-refractivity contribution is 7.19. The second-order valence-electron chi connectivity index (χ2n) is 3.56. The second kappa shape index (κ2) is 3.88. The van der Waals surface area contributed by atoms with E-state index in [2.05, 4.69) is 20.3 Å². The Morgan fingerprint density at radius 1 is 1.26 bits per heavy atom. The maximum absolute atomic E-state index is 12.6. The van der Waals surface area contributed by atoms with Gasteiger partial charge in [-0.25, -0.2) is 0 Å². The van der Waals surface area contributed by atoms with Crippen molar-refractivity contribution in [3.05, 3.63) is 24.2 Å². The Hall–Kier alpha value is -2.23. The molecule has 0 fully saturated rings. The minimum absolute atomic E-state index is 0.0346. The Bertz CT molecular complexity index is 746. The largest absolute Gasteiger partial charge is 0.453 e. The first-order valence-electron chi connectivity index (χ1n) is 4.97. The summed E-state index contributed by atoms with van der Waals surface area (Å²) in [4.78, 5) is 4.03. The van der Waals surface area contributed by atoms with E-state index in [0.717, 1.165) is 11.3 Å². The summed E-state index contributed by atoms with van der Waals surface area (Å²) in [6.07, 6.45) is -3.13. The summed E-state index contributed by atoms with van der Waals surface area (Å²) in [5.74, 6) is -1.17. The Morgan fingerprint density at radius 2 is 2.05 bits per heavy atom. The quantitative estimate of drug-likeness (QED) is 0.738. The molecule has 0 spiro atoms. The molecule has 98 valence electrons. The van der Waals surface area contributed by atoms with Crippen LogP contribution in [0, 0.1) is 0 Å². The molecule has 19 heavy (non-hydrogen) atoms. The molecular weight excluding hydrogens is 281 g/mol. The molecule has 0 aliphatic heterocycles. The zero-order chi connectivity index (χ0) is 13.6. The van der Waals surface area contributed by atoms with Crippen LogP contribution in [-0.2, 0) is 6.18 Å². The highest BCUT2D eigenvalue weighted by Crippen LogP contribution is 2.32. The lowest BCUT2D eigenvalue weighted by atomic mass is 10.3. The van der Waals surface area contributed by atoms with Crippen molar-refractivity contribution in [2.45, 2.75) is 6.18 Å². The van der Waals surface area contributed by atoms with Crippen molar-refractivity contribution in [3.8, 4) is 10.7 Å². The van der Waals surface area contributed by atoms with E-state index >= 15 is 0 Å². The Kier molecular flexibility index (Phi) is 2.42. The summed E-state index contributed by atoms with van der Waals surface area (Å²) in [6, 6.07) is 3.22. The van der Waals surface area contributed by atoms with Crippen molar-refractivity contribution >= 4 is 22.0 Å². The SMILES string of the molecule is Nc1cccnc1-c1nn2c(C(F)(F)F)nnc2s1. The lowest BCUT2D eigenvalue weighted by molar-refractivity contribution is -0.146. The predicted molar refractivity (Wildman–Crippen MR) is 61.3 cm³/mol. The molecule has 3 aromatic rings. The summed E-state index contributed by atoms with van der Waals surface area (Å²) in [5, 5.41) is 10.6. The Labute approximate surface area is 107 Å². The van der Waals surface area contributed by atoms with Gasteiger partial charge in [-0.3, -0.25) is 4.98 Å². The van der Waals surface area contributed by atoms with Crippen LogP contribution in [-0.4, -0.2) is 24.8 Å². The highest BCUT2D eigenvalue weighted by atomic mass is 32.1. The first-order valence-corrected chi connectivity index (χ1v) is 5.79. The number of hydrogen-bond donors (Lipinski definition) is 1. The Balaban J connectivity index is 2.18. The molecule has 0 aliphatic carbocycles. The summed E-state index contributed by atoms with van der Waals surface area (Å²) in [5.41, 5.74) is 6.36. The predicted octanol–water partition coefficient (Wildman–Crippen LogP) is 1.85. The fourth-order valence-electron chi connectivity index (χ4n) is 1.49. The smallest absolute Gasteiger partial charge is 0.397 e. The molecule has 0 saturated carbocycles. The molecule has 0 saturated heterocycles. The molecule has 0 bridgehead atoms. The number of nitrogen functional groups attached to an aromatic ring is 1. The van der Waals surface area contributed by atoms with Crippen molar-refractivity contribution in [1.29, 1.82) is 0 Å². The number of pyridine rings is 1. The van der Waals surface area contributed by atoms with Crippen LogP contribution in [0.15, 0.2) is 18.3 Å². The molecular formula is C9H5F3N6S. The molecule has 3 heterocycles. The van der Waals surface area contributed by atoms with Gasteiger partial charge >= 0.3 is 6.18 Å². The normalized spacial score (nSPS) is 12.2. The third kappa shape index (κ3) is 1.89. The number of nitrogens with two attached hydrogens (primary N) is 1. The molecule has 0 aromatic carbocycles. The van der Waals surface area contributed by atoms with Gasteiger partial charge in [-0.15, -0.1) is 10.2 Å². The first-order chi connectivity index (χ1) is 8.97. The van der Waals surface area contributed by atoms with Gasteiger partial charge in [0, 0.05) is 6.20 Å². The van der Waals surface area contributed by atoms with Gasteiger partial charge in [-0.2, -0.15) is 22.8 Å². The van der Waals surface area contributed by atoms with E-state index in [1.807, 2.05) is 0 Å². The van der Waals surface area contributed by atoms with Crippen LogP contribution in [0.4, 0.5) is 18.9 Å². The van der Waals surface area contributed by atoms with Crippen molar-refractivity contribution in [1.82, 2.24) is 24.8 Å². The molecule has 6 nitrogen and oxygen atoms in total. The molecule has 0 amide bonds. The van der Waals surface area contributed by atoms with Crippen LogP contribution in [0.2, 0.25) is 0 Å². The molecule has 0 radical (unpaired) electrons. The lowest BCUT2D eigenvalue weighted by Crippen LogP contribution is -2.11. The average Bonchev–Trinajstić information content (AvgIpc) is 2.86. The Morgan fingerprint density at radius 3 is 2.74 bits per heavy atom. The molecule has 0 atom stereocenters. The fourth-order valence-corrected chi connectivity index (χ4v) is 2.34. The van der Waals surface area contributed by atoms with Gasteiger partial charge in [0.15, 0.2) is 5.01 Å². The van der Waals surface area contributed by atoms with Gasteiger partial charge in [0.2, 0.25) is 4.96 Å². The molecule has 2 N–H and O–H groups in total. The molecule has 3 aromatic heterocycles. The van der Waals surface area contributed by atoms with E-state index in [9.17, 15) is 13.2 Å². The summed E-state index contributed by atoms with van der Waals surface area (Å²) in [6.45, 7) is 0. The van der Waals surface area contributed by atoms with Gasteiger partial charge in [0.25, 0.3) is 5.82 Å². The van der Waals surface area contributed by atoms with Crippen molar-refractivity contribution < 1.29 is 13.2 Å². The number of anilines is 1. The van der Waals surface area contributed by atoms with E-state index in [1.165, 1.54) is 6.20 Å². The zero-order valence-corrected chi connectivity index (χ0v) is 9.90. The average molecular weight is 286 g/mol. The first kappa shape index (κ1) is 11.8. The van der Waals surface area contributed by atoms with E-state index < -0.39 is 12.0 Å². The maximum atomic E-state index is 12.6. The van der Waals surface area contributed by atoms with Crippen LogP contribution in [0.1, 0.15) is 5.82 Å². The van der Waals surface area contributed by atoms with E-state index in [-0.39, 0.29) is 9.97 Å². The van der Waals surface area contributed by atoms with Gasteiger partial charge in [-0.1, -0.05) is 11.3 Å². The minimum Gasteiger partial charge on any atom is -0.397 e. The van der Waals surface area contributed by atoms with Crippen LogP contribution >= 0.6 is 11.3 Å². The number of alkyl halides is 3. The zero-order valence-electron chi connectivity index (χ0n) is 9.09. The number of aromatic nitrogens is 5. The maximum Gasteiger partial charge on any atom is 0.453 e. The van der Waals surface area contributed by atoms with Crippen LogP contribution < -0.4 is 5.73 Å². The summed E-state index contributed by atoms with van der Waals surface area (Å²) < 4.78 is 38.6. The summed E-state index contributed by atoms with van der Waals surface area (Å²) in [7, 11) is 0. The molecule has 0 aliphatic rings. The standard InChI is InChI=1S/C9H5F3N6S/c10-9(11,12)7-15-16-8-18(7)17-6(19-8)5-4(13)2-1-3-14-5/h1-3H,13H2. The number of nitrogens with zero attached hydrogens (tertiary/aromatic N) is 5. The van der Waals surface area contributed by atoms with E-state index in [4.69, 9.17) is 5.73 Å². The van der Waals surface area contributed by atoms with Crippen LogP contribution in [0.25, 0.3) is 15.7 Å². The monoisotopic (exact) mass is 286 g/mol. The second-order valence-corrected chi connectivity index (χ2v) is 4.52. The lowest BCUT2D eigenvalue weighted by Gasteiger charge is -2.01. The van der Waals surface area contributed by atoms with Crippen molar-refractivity contribution in [3.63, 3.8) is 0 Å². The van der Waals surface area contributed by atoms with E-state index in [1.54, 1.807) is 12.1 Å². The third-order valence-electron chi connectivity index (χ3n) is 2.29.